The van der Waals surface area contributed by atoms with Gasteiger partial charge in [0.2, 0.25) is 5.91 Å². The maximum Gasteiger partial charge on any atom is 0.234 e. The van der Waals surface area contributed by atoms with Crippen molar-refractivity contribution in [3.05, 3.63) is 12.2 Å². The van der Waals surface area contributed by atoms with Crippen LogP contribution in [0.3, 0.4) is 0 Å². The lowest BCUT2D eigenvalue weighted by Crippen LogP contribution is -2.44. The molecular weight excluding hydrogens is 218 g/mol. The van der Waals surface area contributed by atoms with Crippen molar-refractivity contribution < 1.29 is 4.79 Å². The summed E-state index contributed by atoms with van der Waals surface area (Å²) >= 11 is 0. The number of hydrogen-bond donors (Lipinski definition) is 2. The summed E-state index contributed by atoms with van der Waals surface area (Å²) in [5.41, 5.74) is -0.0641. The predicted octanol–water partition coefficient (Wildman–Crippen LogP) is 0.380. The topological polar surface area (TPSA) is 71.8 Å². The molecular formula is C11H21N5O. The summed E-state index contributed by atoms with van der Waals surface area (Å²) in [5.74, 6) is 0.699. The van der Waals surface area contributed by atoms with Crippen LogP contribution >= 0.6 is 0 Å². The van der Waals surface area contributed by atoms with Crippen LogP contribution in [-0.4, -0.2) is 32.8 Å². The molecule has 1 heterocycles. The highest BCUT2D eigenvalue weighted by atomic mass is 16.2. The van der Waals surface area contributed by atoms with E-state index in [1.165, 1.54) is 0 Å². The molecule has 0 saturated heterocycles. The number of aromatic nitrogens is 3. The normalized spacial score (nSPS) is 13.5. The molecule has 1 rings (SSSR count). The Kier molecular flexibility index (Phi) is 4.22. The maximum absolute atomic E-state index is 11.7. The molecule has 2 N–H and O–H groups in total. The highest BCUT2D eigenvalue weighted by Crippen LogP contribution is 2.06. The lowest BCUT2D eigenvalue weighted by atomic mass is 10.1. The molecule has 17 heavy (non-hydrogen) atoms. The van der Waals surface area contributed by atoms with E-state index in [1.807, 2.05) is 34.7 Å². The Morgan fingerprint density at radius 1 is 1.53 bits per heavy atom. The number of nitrogens with one attached hydrogen (secondary N) is 2. The Morgan fingerprint density at radius 3 is 2.65 bits per heavy atom. The van der Waals surface area contributed by atoms with E-state index in [0.29, 0.717) is 6.54 Å². The molecule has 1 atom stereocenters. The SMILES string of the molecule is CC(NC(=O)CNC(C)(C)C)c1nncn1C. The molecule has 0 spiro atoms. The van der Waals surface area contributed by atoms with E-state index in [9.17, 15) is 4.79 Å². The molecule has 1 aromatic rings. The summed E-state index contributed by atoms with van der Waals surface area (Å²) in [4.78, 5) is 11.7. The summed E-state index contributed by atoms with van der Waals surface area (Å²) in [5, 5.41) is 13.7. The largest absolute Gasteiger partial charge is 0.345 e. The van der Waals surface area contributed by atoms with Crippen molar-refractivity contribution in [2.75, 3.05) is 6.54 Å². The van der Waals surface area contributed by atoms with Crippen LogP contribution in [0.1, 0.15) is 39.6 Å². The van der Waals surface area contributed by atoms with E-state index in [-0.39, 0.29) is 17.5 Å². The molecule has 1 amide bonds. The van der Waals surface area contributed by atoms with E-state index in [4.69, 9.17) is 0 Å². The predicted molar refractivity (Wildman–Crippen MR) is 65.3 cm³/mol. The summed E-state index contributed by atoms with van der Waals surface area (Å²) in [6.45, 7) is 8.25. The van der Waals surface area contributed by atoms with Gasteiger partial charge in [0.1, 0.15) is 6.33 Å². The van der Waals surface area contributed by atoms with Crippen LogP contribution in [0.25, 0.3) is 0 Å². The minimum absolute atomic E-state index is 0.0459. The molecule has 0 aromatic carbocycles. The van der Waals surface area contributed by atoms with Gasteiger partial charge in [-0.05, 0) is 27.7 Å². The number of hydrogen-bond acceptors (Lipinski definition) is 4. The second-order valence-electron chi connectivity index (χ2n) is 5.19. The number of rotatable bonds is 4. The van der Waals surface area contributed by atoms with E-state index < -0.39 is 0 Å². The van der Waals surface area contributed by atoms with Crippen LogP contribution in [0.15, 0.2) is 6.33 Å². The molecule has 0 fully saturated rings. The van der Waals surface area contributed by atoms with Gasteiger partial charge in [0.15, 0.2) is 5.82 Å². The van der Waals surface area contributed by atoms with Crippen molar-refractivity contribution in [2.45, 2.75) is 39.3 Å². The van der Waals surface area contributed by atoms with Crippen molar-refractivity contribution >= 4 is 5.91 Å². The Bertz CT molecular complexity index is 379. The van der Waals surface area contributed by atoms with Crippen molar-refractivity contribution in [3.63, 3.8) is 0 Å². The maximum atomic E-state index is 11.7. The minimum atomic E-state index is -0.142. The number of amides is 1. The summed E-state index contributed by atoms with van der Waals surface area (Å²) < 4.78 is 1.79. The second-order valence-corrected chi connectivity index (χ2v) is 5.19. The lowest BCUT2D eigenvalue weighted by Gasteiger charge is -2.21. The average Bonchev–Trinajstić information content (AvgIpc) is 2.60. The van der Waals surface area contributed by atoms with Crippen molar-refractivity contribution in [1.29, 1.82) is 0 Å². The summed E-state index contributed by atoms with van der Waals surface area (Å²) in [6, 6.07) is -0.142. The lowest BCUT2D eigenvalue weighted by molar-refractivity contribution is -0.121. The molecule has 0 aliphatic rings. The highest BCUT2D eigenvalue weighted by Gasteiger charge is 2.16. The first-order valence-electron chi connectivity index (χ1n) is 5.68. The number of aryl methyl sites for hydroxylation is 1. The van der Waals surface area contributed by atoms with Gasteiger partial charge in [-0.15, -0.1) is 10.2 Å². The molecule has 0 aliphatic carbocycles. The van der Waals surface area contributed by atoms with Gasteiger partial charge in [0, 0.05) is 12.6 Å². The van der Waals surface area contributed by atoms with Gasteiger partial charge < -0.3 is 15.2 Å². The van der Waals surface area contributed by atoms with Gasteiger partial charge in [-0.1, -0.05) is 0 Å². The third kappa shape index (κ3) is 4.52. The quantitative estimate of drug-likeness (QED) is 0.797. The fraction of sp³-hybridized carbons (Fsp3) is 0.727. The first kappa shape index (κ1) is 13.6. The zero-order chi connectivity index (χ0) is 13.1. The first-order chi connectivity index (χ1) is 7.79. The van der Waals surface area contributed by atoms with Crippen LogP contribution in [0.5, 0.6) is 0 Å². The van der Waals surface area contributed by atoms with Crippen LogP contribution in [-0.2, 0) is 11.8 Å². The van der Waals surface area contributed by atoms with E-state index in [0.717, 1.165) is 5.82 Å². The molecule has 0 radical (unpaired) electrons. The second kappa shape index (κ2) is 5.27. The summed E-state index contributed by atoms with van der Waals surface area (Å²) in [6.07, 6.45) is 1.62. The van der Waals surface area contributed by atoms with Crippen molar-refractivity contribution in [1.82, 2.24) is 25.4 Å². The molecule has 0 saturated carbocycles. The minimum Gasteiger partial charge on any atom is -0.345 e. The Hall–Kier alpha value is -1.43. The molecule has 1 aromatic heterocycles. The van der Waals surface area contributed by atoms with Crippen LogP contribution in [0.2, 0.25) is 0 Å². The number of carbonyl (C=O) groups excluding carboxylic acids is 1. The molecule has 6 heteroatoms. The Balaban J connectivity index is 2.44. The number of carbonyl (C=O) groups is 1. The standard InChI is InChI=1S/C11H21N5O/c1-8(10-15-13-7-16(10)5)14-9(17)6-12-11(2,3)4/h7-8,12H,6H2,1-5H3,(H,14,17). The third-order valence-corrected chi connectivity index (χ3v) is 2.29. The summed E-state index contributed by atoms with van der Waals surface area (Å²) in [7, 11) is 1.85. The van der Waals surface area contributed by atoms with Gasteiger partial charge in [0.05, 0.1) is 12.6 Å². The van der Waals surface area contributed by atoms with Crippen molar-refractivity contribution in [3.8, 4) is 0 Å². The fourth-order valence-electron chi connectivity index (χ4n) is 1.39. The van der Waals surface area contributed by atoms with Gasteiger partial charge >= 0.3 is 0 Å². The molecule has 96 valence electrons. The highest BCUT2D eigenvalue weighted by molar-refractivity contribution is 5.78. The molecule has 0 bridgehead atoms. The third-order valence-electron chi connectivity index (χ3n) is 2.29. The van der Waals surface area contributed by atoms with Crippen LogP contribution in [0, 0.1) is 0 Å². The van der Waals surface area contributed by atoms with Crippen molar-refractivity contribution in [2.24, 2.45) is 7.05 Å². The van der Waals surface area contributed by atoms with Crippen LogP contribution < -0.4 is 10.6 Å². The Morgan fingerprint density at radius 2 is 2.18 bits per heavy atom. The monoisotopic (exact) mass is 239 g/mol. The molecule has 0 aliphatic heterocycles. The number of nitrogens with zero attached hydrogens (tertiary/aromatic N) is 3. The zero-order valence-electron chi connectivity index (χ0n) is 11.1. The van der Waals surface area contributed by atoms with E-state index in [1.54, 1.807) is 10.9 Å². The van der Waals surface area contributed by atoms with E-state index >= 15 is 0 Å². The fourth-order valence-corrected chi connectivity index (χ4v) is 1.39. The molecule has 6 nitrogen and oxygen atoms in total. The van der Waals surface area contributed by atoms with Crippen LogP contribution in [0.4, 0.5) is 0 Å². The van der Waals surface area contributed by atoms with Gasteiger partial charge in [-0.2, -0.15) is 0 Å². The van der Waals surface area contributed by atoms with Gasteiger partial charge in [-0.3, -0.25) is 4.79 Å². The first-order valence-corrected chi connectivity index (χ1v) is 5.68. The van der Waals surface area contributed by atoms with Gasteiger partial charge in [-0.25, -0.2) is 0 Å². The molecule has 1 unspecified atom stereocenters. The van der Waals surface area contributed by atoms with E-state index in [2.05, 4.69) is 20.8 Å². The Labute approximate surface area is 102 Å². The smallest absolute Gasteiger partial charge is 0.234 e. The van der Waals surface area contributed by atoms with Gasteiger partial charge in [0.25, 0.3) is 0 Å². The average molecular weight is 239 g/mol. The zero-order valence-corrected chi connectivity index (χ0v) is 11.1.